The summed E-state index contributed by atoms with van der Waals surface area (Å²) < 4.78 is 193. The van der Waals surface area contributed by atoms with Crippen LogP contribution in [0, 0.1) is 93.2 Å². The maximum absolute atomic E-state index is 13.6. The molecule has 10 rings (SSSR count). The Labute approximate surface area is 837 Å². The minimum Gasteiger partial charge on any atom is -0.394 e. The van der Waals surface area contributed by atoms with Crippen molar-refractivity contribution in [1.82, 2.24) is 19.9 Å². The number of aromatic nitrogens is 4. The number of alkyl halides is 12. The number of aliphatic hydroxyl groups is 6. The number of pyridine rings is 4. The zero-order valence-corrected chi connectivity index (χ0v) is 79.6. The van der Waals surface area contributed by atoms with Crippen molar-refractivity contribution in [2.24, 2.45) is 40.9 Å². The van der Waals surface area contributed by atoms with Gasteiger partial charge in [-0.15, -0.1) is 40.9 Å². The summed E-state index contributed by atoms with van der Waals surface area (Å²) in [5.41, 5.74) is -4.22. The quantitative estimate of drug-likeness (QED) is 0.00553. The number of nitrogens with one attached hydrogen (secondary N) is 8. The van der Waals surface area contributed by atoms with E-state index in [0.29, 0.717) is 48.5 Å². The number of nitro groups is 2. The molecule has 4 heterocycles. The van der Waals surface area contributed by atoms with Crippen LogP contribution in [-0.4, -0.2) is 219 Å². The molecule has 0 aliphatic rings. The molecule has 0 bridgehead atoms. The van der Waals surface area contributed by atoms with Gasteiger partial charge in [-0.25, -0.2) is 19.9 Å². The fourth-order valence-electron chi connectivity index (χ4n) is 12.8. The molecule has 0 radical (unpaired) electrons. The molecule has 10 aromatic rings. The highest BCUT2D eigenvalue weighted by Crippen LogP contribution is 2.46. The van der Waals surface area contributed by atoms with Gasteiger partial charge in [-0.3, -0.25) is 20.2 Å². The molecule has 788 valence electrons. The molecule has 148 heavy (non-hydrogen) atoms. The Balaban J connectivity index is 0.000000267. The van der Waals surface area contributed by atoms with Crippen LogP contribution in [0.3, 0.4) is 0 Å². The molecule has 0 unspecified atom stereocenters. The number of hydrogen-bond acceptors (Lipinski definition) is 40. The Morgan fingerprint density at radius 2 is 0.514 bits per heavy atom. The number of aliphatic hydroxyl groups excluding tert-OH is 6. The van der Waals surface area contributed by atoms with Crippen LogP contribution in [0.25, 0.3) is 0 Å². The van der Waals surface area contributed by atoms with E-state index >= 15 is 0 Å². The first-order valence-electron chi connectivity index (χ1n) is 44.6. The lowest BCUT2D eigenvalue weighted by Crippen LogP contribution is -2.16. The van der Waals surface area contributed by atoms with Crippen LogP contribution in [0.1, 0.15) is 77.9 Å². The van der Waals surface area contributed by atoms with Gasteiger partial charge < -0.3 is 102 Å². The summed E-state index contributed by atoms with van der Waals surface area (Å²) in [5.74, 6) is 1.51. The number of halogens is 12. The SMILES string of the molecule is Cc1c(C#N)c(NCCOCCO)nc(NCCOCCO)c1N=Nc1ccc([N+](=O)[O-])cc1C(F)(F)F.Cc1c(C#N)c(NCCOCCO)nc(NCCOCCO)c1N=Nc1ccccc1C(F)(F)F.Cc1c(C#N)c(NCCOCCO)nc(NCc2ccccc2)c1N=Nc1ccc([N+](=O)[O-])cc1C(F)(F)F.Cc1c(C#N)c(NCCOCCO)nc(NCc2ccccc2)c1N=Nc1ccccc1C(F)(F)F. The first-order valence-corrected chi connectivity index (χ1v) is 44.6. The first kappa shape index (κ1) is 119. The van der Waals surface area contributed by atoms with Crippen molar-refractivity contribution >= 4 is 103 Å². The molecule has 0 spiro atoms. The second-order valence-corrected chi connectivity index (χ2v) is 30.1. The zero-order valence-electron chi connectivity index (χ0n) is 79.6. The standard InChI is InChI=1S/C25H24F3N7O4.C25H25F3N6O2.C22H26F3N7O6.C22H27F3N6O4/c1-16-19(14-29)23(30-9-11-39-12-10-36)32-24(31-15-17-5-3-2-4-6-17)22(16)34-33-21-8-7-18(35(37)38)13-20(21)25(26,27)28;1-17-19(15-29)23(30-11-13-36-14-12-35)32-24(31-16-18-7-3-2-4-8-18)22(17)34-33-21-10-6-5-9-20(21)25(26,27)28;1-14-16(13-26)20(27-4-8-37-10-6-33)29-21(28-5-9-38-11-7-34)19(14)31-30-18-3-2-15(32(35)36)12-17(18)22(23,24)25;1-15-16(14-26)20(27-6-10-34-12-8-32)29-21(28-7-11-35-13-9-33)19(15)31-30-18-5-3-2-4-17(18)22(23,24)25/h2-8,13,36H,9-12,15H2,1H3,(H2,30,31,32);2-10,35H,11-14,16H2,1H3,(H2,30,31,32);2-3,12,33-34H,4-11H2,1H3,(H2,27,28,29);2-5,32-33H,6-13H2,1H3,(H2,27,28,29). The van der Waals surface area contributed by atoms with E-state index in [1.54, 1.807) is 20.8 Å². The molecule has 0 fully saturated rings. The number of anilines is 8. The molecule has 0 atom stereocenters. The van der Waals surface area contributed by atoms with Crippen LogP contribution in [-0.2, 0) is 66.2 Å². The van der Waals surface area contributed by atoms with Gasteiger partial charge in [-0.05, 0) is 75.2 Å². The molecule has 42 nitrogen and oxygen atoms in total. The zero-order chi connectivity index (χ0) is 108. The van der Waals surface area contributed by atoms with E-state index in [4.69, 9.17) is 59.1 Å². The maximum atomic E-state index is 13.6. The lowest BCUT2D eigenvalue weighted by Gasteiger charge is -2.16. The number of nitro benzene ring substituents is 2. The summed E-state index contributed by atoms with van der Waals surface area (Å²) in [5, 5.41) is 169. The first-order chi connectivity index (χ1) is 71.0. The smallest absolute Gasteiger partial charge is 0.394 e. The van der Waals surface area contributed by atoms with Crippen LogP contribution in [0.5, 0.6) is 0 Å². The van der Waals surface area contributed by atoms with Crippen molar-refractivity contribution < 1.29 is 122 Å². The number of hydrogen-bond donors (Lipinski definition) is 14. The van der Waals surface area contributed by atoms with Gasteiger partial charge in [0.05, 0.1) is 196 Å². The van der Waals surface area contributed by atoms with Crippen LogP contribution >= 0.6 is 0 Å². The molecule has 6 aromatic carbocycles. The number of ether oxygens (including phenoxy) is 6. The van der Waals surface area contributed by atoms with Crippen LogP contribution < -0.4 is 42.5 Å². The third-order valence-electron chi connectivity index (χ3n) is 19.8. The van der Waals surface area contributed by atoms with Gasteiger partial charge >= 0.3 is 24.7 Å². The predicted octanol–water partition coefficient (Wildman–Crippen LogP) is 18.3. The summed E-state index contributed by atoms with van der Waals surface area (Å²) in [6, 6.07) is 40.6. The van der Waals surface area contributed by atoms with Gasteiger partial charge in [0.15, 0.2) is 23.3 Å². The minimum atomic E-state index is -4.94. The molecule has 0 amide bonds. The lowest BCUT2D eigenvalue weighted by molar-refractivity contribution is -0.385. The van der Waals surface area contributed by atoms with Gasteiger partial charge in [0.25, 0.3) is 11.4 Å². The van der Waals surface area contributed by atoms with Crippen LogP contribution in [0.2, 0.25) is 0 Å². The minimum absolute atomic E-state index is 0.0241. The number of non-ortho nitro benzene ring substituents is 2. The summed E-state index contributed by atoms with van der Waals surface area (Å²) in [6.07, 6.45) is -19.1. The summed E-state index contributed by atoms with van der Waals surface area (Å²) >= 11 is 0. The van der Waals surface area contributed by atoms with E-state index in [9.17, 15) is 94.0 Å². The Bertz CT molecular complexity index is 6290. The molecule has 4 aromatic heterocycles. The Kier molecular flexibility index (Phi) is 49.5. The average Bonchev–Trinajstić information content (AvgIpc) is 0.796. The molecular weight excluding hydrogens is 1980 g/mol. The van der Waals surface area contributed by atoms with E-state index in [1.165, 1.54) is 43.3 Å². The van der Waals surface area contributed by atoms with Crippen LogP contribution in [0.15, 0.2) is 187 Å². The number of azo groups is 4. The topological polar surface area (TPSA) is 605 Å². The van der Waals surface area contributed by atoms with E-state index < -0.39 is 79.6 Å². The second kappa shape index (κ2) is 61.4. The Morgan fingerprint density at radius 1 is 0.297 bits per heavy atom. The summed E-state index contributed by atoms with van der Waals surface area (Å²) in [6.45, 7) is 9.77. The van der Waals surface area contributed by atoms with Crippen molar-refractivity contribution in [1.29, 1.82) is 21.0 Å². The van der Waals surface area contributed by atoms with Crippen molar-refractivity contribution in [3.63, 3.8) is 0 Å². The van der Waals surface area contributed by atoms with Gasteiger partial charge in [0.2, 0.25) is 0 Å². The largest absolute Gasteiger partial charge is 0.418 e. The molecule has 0 aliphatic heterocycles. The van der Waals surface area contributed by atoms with Crippen molar-refractivity contribution in [2.45, 2.75) is 65.5 Å². The van der Waals surface area contributed by atoms with Gasteiger partial charge in [0.1, 0.15) is 70.3 Å². The van der Waals surface area contributed by atoms with Gasteiger partial charge in [0, 0.05) is 98.9 Å². The van der Waals surface area contributed by atoms with E-state index in [-0.39, 0.29) is 260 Å². The highest BCUT2D eigenvalue weighted by Gasteiger charge is 2.39. The van der Waals surface area contributed by atoms with E-state index in [1.807, 2.05) is 78.9 Å². The highest BCUT2D eigenvalue weighted by atomic mass is 19.4. The fraction of sp³-hybridized carbons (Fsp3) is 0.362. The molecular formula is C94H102F12N26O16. The van der Waals surface area contributed by atoms with Crippen molar-refractivity contribution in [2.75, 3.05) is 201 Å². The number of rotatable bonds is 52. The number of nitriles is 4. The molecule has 54 heteroatoms. The van der Waals surface area contributed by atoms with E-state index in [0.717, 1.165) is 47.5 Å². The monoisotopic (exact) mass is 2080 g/mol. The third kappa shape index (κ3) is 37.6. The van der Waals surface area contributed by atoms with Gasteiger partial charge in [-0.1, -0.05) is 84.9 Å². The Morgan fingerprint density at radius 3 is 0.736 bits per heavy atom. The van der Waals surface area contributed by atoms with Crippen LogP contribution in [0.4, 0.5) is 156 Å². The molecule has 0 aliphatic carbocycles. The van der Waals surface area contributed by atoms with Gasteiger partial charge in [-0.2, -0.15) is 73.7 Å². The molecule has 14 N–H and O–H groups in total. The van der Waals surface area contributed by atoms with Crippen molar-refractivity contribution in [3.05, 3.63) is 244 Å². The highest BCUT2D eigenvalue weighted by molar-refractivity contribution is 5.78. The Hall–Kier alpha value is -15.8. The number of benzene rings is 6. The summed E-state index contributed by atoms with van der Waals surface area (Å²) in [7, 11) is 0. The normalized spacial score (nSPS) is 11.5. The lowest BCUT2D eigenvalue weighted by atomic mass is 10.1. The second-order valence-electron chi connectivity index (χ2n) is 30.1. The average molecular weight is 2080 g/mol. The number of nitrogens with zero attached hydrogens (tertiary/aromatic N) is 18. The molecule has 0 saturated heterocycles. The third-order valence-corrected chi connectivity index (χ3v) is 19.8. The summed E-state index contributed by atoms with van der Waals surface area (Å²) in [4.78, 5) is 37.7. The van der Waals surface area contributed by atoms with Crippen molar-refractivity contribution in [3.8, 4) is 24.3 Å². The molecule has 0 saturated carbocycles. The van der Waals surface area contributed by atoms with E-state index in [2.05, 4.69) is 109 Å². The maximum Gasteiger partial charge on any atom is 0.418 e. The fourth-order valence-corrected chi connectivity index (χ4v) is 12.8. The predicted molar refractivity (Wildman–Crippen MR) is 516 cm³/mol.